The van der Waals surface area contributed by atoms with E-state index < -0.39 is 10.0 Å². The Hall–Kier alpha value is -1.86. The Kier molecular flexibility index (Phi) is 5.44. The van der Waals surface area contributed by atoms with Gasteiger partial charge in [0.1, 0.15) is 10.6 Å². The summed E-state index contributed by atoms with van der Waals surface area (Å²) in [6.07, 6.45) is 6.39. The molecule has 6 nitrogen and oxygen atoms in total. The van der Waals surface area contributed by atoms with Crippen LogP contribution in [0.4, 0.5) is 0 Å². The van der Waals surface area contributed by atoms with E-state index in [0.717, 1.165) is 18.4 Å². The van der Waals surface area contributed by atoms with E-state index in [2.05, 4.69) is 9.82 Å². The fraction of sp³-hybridized carbons (Fsp3) is 0.500. The smallest absolute Gasteiger partial charge is 0.244 e. The minimum atomic E-state index is -3.63. The number of nitrogens with one attached hydrogen (secondary N) is 1. The van der Waals surface area contributed by atoms with Gasteiger partial charge in [0.2, 0.25) is 10.0 Å². The number of hydrogen-bond donors (Lipinski definition) is 1. The lowest BCUT2D eigenvalue weighted by atomic mass is 9.98. The number of benzene rings is 1. The van der Waals surface area contributed by atoms with Crippen molar-refractivity contribution in [1.29, 1.82) is 0 Å². The number of sulfonamides is 1. The van der Waals surface area contributed by atoms with Gasteiger partial charge in [-0.1, -0.05) is 6.07 Å². The molecule has 0 radical (unpaired) electrons. The van der Waals surface area contributed by atoms with Gasteiger partial charge in [-0.2, -0.15) is 5.10 Å². The van der Waals surface area contributed by atoms with Crippen LogP contribution in [0.25, 0.3) is 0 Å². The maximum atomic E-state index is 12.7. The van der Waals surface area contributed by atoms with Crippen molar-refractivity contribution in [1.82, 2.24) is 14.5 Å². The van der Waals surface area contributed by atoms with Crippen molar-refractivity contribution < 1.29 is 13.2 Å². The Morgan fingerprint density at radius 1 is 1.28 bits per heavy atom. The summed E-state index contributed by atoms with van der Waals surface area (Å²) in [6, 6.07) is 5.19. The van der Waals surface area contributed by atoms with Gasteiger partial charge >= 0.3 is 0 Å². The predicted octanol–water partition coefficient (Wildman–Crippen LogP) is 2.45. The fourth-order valence-electron chi connectivity index (χ4n) is 3.21. The van der Waals surface area contributed by atoms with Crippen LogP contribution >= 0.6 is 0 Å². The molecule has 0 amide bonds. The van der Waals surface area contributed by atoms with E-state index in [1.54, 1.807) is 12.1 Å². The second-order valence-electron chi connectivity index (χ2n) is 6.33. The van der Waals surface area contributed by atoms with Gasteiger partial charge in [-0.3, -0.25) is 4.68 Å². The zero-order valence-corrected chi connectivity index (χ0v) is 15.6. The maximum Gasteiger partial charge on any atom is 0.244 e. The molecule has 0 saturated carbocycles. The summed E-state index contributed by atoms with van der Waals surface area (Å²) in [5, 5.41) is 4.41. The van der Waals surface area contributed by atoms with E-state index in [1.807, 2.05) is 30.8 Å². The van der Waals surface area contributed by atoms with Crippen LogP contribution in [0.3, 0.4) is 0 Å². The summed E-state index contributed by atoms with van der Waals surface area (Å²) in [4.78, 5) is 0.192. The van der Waals surface area contributed by atoms with Crippen LogP contribution in [0.1, 0.15) is 36.6 Å². The van der Waals surface area contributed by atoms with Gasteiger partial charge in [0.25, 0.3) is 0 Å². The molecule has 0 spiro atoms. The monoisotopic (exact) mass is 363 g/mol. The molecular formula is C18H25N3O3S. The lowest BCUT2D eigenvalue weighted by molar-refractivity contribution is 0.331. The summed E-state index contributed by atoms with van der Waals surface area (Å²) in [5.41, 5.74) is 3.42. The summed E-state index contributed by atoms with van der Waals surface area (Å²) in [7, 11) is -3.63. The highest BCUT2D eigenvalue weighted by molar-refractivity contribution is 7.89. The van der Waals surface area contributed by atoms with Gasteiger partial charge in [0.05, 0.1) is 19.3 Å². The summed E-state index contributed by atoms with van der Waals surface area (Å²) in [6.45, 7) is 4.96. The molecule has 2 aromatic rings. The van der Waals surface area contributed by atoms with Gasteiger partial charge in [0, 0.05) is 12.2 Å². The fourth-order valence-corrected chi connectivity index (χ4v) is 4.46. The minimum Gasteiger partial charge on any atom is -0.492 e. The molecule has 25 heavy (non-hydrogen) atoms. The molecule has 3 rings (SSSR count). The zero-order chi connectivity index (χ0) is 17.9. The van der Waals surface area contributed by atoms with Crippen molar-refractivity contribution in [3.05, 3.63) is 41.2 Å². The second kappa shape index (κ2) is 7.58. The first kappa shape index (κ1) is 17.9. The van der Waals surface area contributed by atoms with Crippen molar-refractivity contribution in [2.75, 3.05) is 13.2 Å². The third kappa shape index (κ3) is 4.04. The molecule has 1 aromatic heterocycles. The molecule has 0 unspecified atom stereocenters. The molecule has 1 aliphatic rings. The lowest BCUT2D eigenvalue weighted by Crippen LogP contribution is -2.28. The molecule has 0 aliphatic heterocycles. The van der Waals surface area contributed by atoms with E-state index in [4.69, 9.17) is 4.74 Å². The number of aromatic nitrogens is 2. The predicted molar refractivity (Wildman–Crippen MR) is 96.4 cm³/mol. The minimum absolute atomic E-state index is 0.192. The standard InChI is InChI=1S/C18H25N3O3S/c1-3-24-17-9-8-14(2)12-18(17)25(22,23)20-10-11-21-16-7-5-4-6-15(16)13-19-21/h8-9,12-13,20H,3-7,10-11H2,1-2H3. The molecule has 7 heteroatoms. The average Bonchev–Trinajstić information content (AvgIpc) is 3.00. The second-order valence-corrected chi connectivity index (χ2v) is 8.06. The van der Waals surface area contributed by atoms with Gasteiger partial charge in [-0.25, -0.2) is 13.1 Å². The summed E-state index contributed by atoms with van der Waals surface area (Å²) < 4.78 is 35.4. The number of nitrogens with zero attached hydrogens (tertiary/aromatic N) is 2. The number of hydrogen-bond acceptors (Lipinski definition) is 4. The van der Waals surface area contributed by atoms with Crippen molar-refractivity contribution in [2.45, 2.75) is 51.0 Å². The topological polar surface area (TPSA) is 73.2 Å². The van der Waals surface area contributed by atoms with Crippen LogP contribution in [0.5, 0.6) is 5.75 Å². The summed E-state index contributed by atoms with van der Waals surface area (Å²) >= 11 is 0. The Morgan fingerprint density at radius 2 is 2.08 bits per heavy atom. The highest BCUT2D eigenvalue weighted by Crippen LogP contribution is 2.25. The maximum absolute atomic E-state index is 12.7. The third-order valence-electron chi connectivity index (χ3n) is 4.45. The summed E-state index contributed by atoms with van der Waals surface area (Å²) in [5.74, 6) is 0.386. The van der Waals surface area contributed by atoms with Crippen LogP contribution in [-0.2, 0) is 29.4 Å². The van der Waals surface area contributed by atoms with Crippen molar-refractivity contribution in [2.24, 2.45) is 0 Å². The highest BCUT2D eigenvalue weighted by atomic mass is 32.2. The van der Waals surface area contributed by atoms with Crippen molar-refractivity contribution in [3.8, 4) is 5.75 Å². The lowest BCUT2D eigenvalue weighted by Gasteiger charge is -2.15. The average molecular weight is 363 g/mol. The van der Waals surface area contributed by atoms with E-state index >= 15 is 0 Å². The van der Waals surface area contributed by atoms with Gasteiger partial charge in [0.15, 0.2) is 0 Å². The molecule has 136 valence electrons. The molecule has 0 bridgehead atoms. The quantitative estimate of drug-likeness (QED) is 0.820. The first-order chi connectivity index (χ1) is 12.0. The Balaban J connectivity index is 1.70. The zero-order valence-electron chi connectivity index (χ0n) is 14.8. The molecule has 0 saturated heterocycles. The normalized spacial score (nSPS) is 14.3. The van der Waals surface area contributed by atoms with Crippen LogP contribution in [0.15, 0.2) is 29.3 Å². The van der Waals surface area contributed by atoms with Gasteiger partial charge in [-0.05, 0) is 62.8 Å². The molecule has 0 atom stereocenters. The number of ether oxygens (including phenoxy) is 1. The van der Waals surface area contributed by atoms with Crippen LogP contribution in [0, 0.1) is 6.92 Å². The first-order valence-electron chi connectivity index (χ1n) is 8.78. The largest absolute Gasteiger partial charge is 0.492 e. The third-order valence-corrected chi connectivity index (χ3v) is 5.93. The van der Waals surface area contributed by atoms with Gasteiger partial charge < -0.3 is 4.74 Å². The van der Waals surface area contributed by atoms with E-state index in [1.165, 1.54) is 24.1 Å². The Labute approximate surface area is 149 Å². The highest BCUT2D eigenvalue weighted by Gasteiger charge is 2.20. The van der Waals surface area contributed by atoms with Crippen LogP contribution < -0.4 is 9.46 Å². The van der Waals surface area contributed by atoms with Crippen molar-refractivity contribution in [3.63, 3.8) is 0 Å². The van der Waals surface area contributed by atoms with E-state index in [-0.39, 0.29) is 4.90 Å². The van der Waals surface area contributed by atoms with E-state index in [0.29, 0.717) is 25.4 Å². The molecule has 1 N–H and O–H groups in total. The molecule has 1 aromatic carbocycles. The number of fused-ring (bicyclic) bond motifs is 1. The van der Waals surface area contributed by atoms with Gasteiger partial charge in [-0.15, -0.1) is 0 Å². The van der Waals surface area contributed by atoms with Crippen molar-refractivity contribution >= 4 is 10.0 Å². The molecule has 1 heterocycles. The molecular weight excluding hydrogens is 338 g/mol. The van der Waals surface area contributed by atoms with Crippen LogP contribution in [-0.4, -0.2) is 31.3 Å². The molecule has 1 aliphatic carbocycles. The SMILES string of the molecule is CCOc1ccc(C)cc1S(=O)(=O)NCCn1ncc2c1CCCC2. The first-order valence-corrected chi connectivity index (χ1v) is 10.3. The molecule has 0 fully saturated rings. The Morgan fingerprint density at radius 3 is 2.88 bits per heavy atom. The van der Waals surface area contributed by atoms with E-state index in [9.17, 15) is 8.42 Å². The van der Waals surface area contributed by atoms with Crippen LogP contribution in [0.2, 0.25) is 0 Å². The Bertz CT molecular complexity index is 843. The number of rotatable bonds is 7. The number of aryl methyl sites for hydroxylation is 2.